The van der Waals surface area contributed by atoms with E-state index in [1.54, 1.807) is 19.2 Å². The van der Waals surface area contributed by atoms with E-state index in [2.05, 4.69) is 5.32 Å². The zero-order valence-corrected chi connectivity index (χ0v) is 7.90. The van der Waals surface area contributed by atoms with E-state index in [-0.39, 0.29) is 5.69 Å². The third-order valence-corrected chi connectivity index (χ3v) is 1.66. The van der Waals surface area contributed by atoms with Crippen molar-refractivity contribution in [1.29, 1.82) is 0 Å². The first-order chi connectivity index (χ1) is 6.74. The third-order valence-electron chi connectivity index (χ3n) is 1.66. The second-order valence-corrected chi connectivity index (χ2v) is 2.77. The van der Waals surface area contributed by atoms with Crippen molar-refractivity contribution in [1.82, 2.24) is 5.32 Å². The topological polar surface area (TPSA) is 64.4 Å². The summed E-state index contributed by atoms with van der Waals surface area (Å²) in [6.07, 6.45) is 0. The van der Waals surface area contributed by atoms with Gasteiger partial charge in [0.05, 0.1) is 18.3 Å². The van der Waals surface area contributed by atoms with Gasteiger partial charge in [0.15, 0.2) is 0 Å². The molecule has 0 amide bonds. The third kappa shape index (κ3) is 3.12. The predicted molar refractivity (Wildman–Crippen MR) is 51.8 cm³/mol. The summed E-state index contributed by atoms with van der Waals surface area (Å²) in [5.74, 6) is 0. The van der Waals surface area contributed by atoms with Crippen molar-refractivity contribution in [2.24, 2.45) is 0 Å². The van der Waals surface area contributed by atoms with E-state index in [1.165, 1.54) is 12.1 Å². The Kier molecular flexibility index (Phi) is 4.03. The number of benzene rings is 1. The molecule has 0 radical (unpaired) electrons. The standard InChI is InChI=1S/C9H12N2O3/c1-10-7-14-6-8-2-4-9(5-3-8)11(12)13/h2-5,10H,6-7H2,1H3. The Balaban J connectivity index is 2.51. The van der Waals surface area contributed by atoms with Crippen LogP contribution in [-0.2, 0) is 11.3 Å². The molecule has 1 aromatic carbocycles. The maximum absolute atomic E-state index is 10.3. The minimum atomic E-state index is -0.418. The first-order valence-electron chi connectivity index (χ1n) is 4.19. The highest BCUT2D eigenvalue weighted by atomic mass is 16.6. The molecule has 0 heterocycles. The van der Waals surface area contributed by atoms with Crippen molar-refractivity contribution in [3.8, 4) is 0 Å². The lowest BCUT2D eigenvalue weighted by molar-refractivity contribution is -0.384. The Hall–Kier alpha value is -1.46. The van der Waals surface area contributed by atoms with Crippen molar-refractivity contribution in [3.63, 3.8) is 0 Å². The van der Waals surface area contributed by atoms with E-state index in [4.69, 9.17) is 4.74 Å². The molecular weight excluding hydrogens is 184 g/mol. The number of hydrogen-bond acceptors (Lipinski definition) is 4. The van der Waals surface area contributed by atoms with Crippen LogP contribution in [0.15, 0.2) is 24.3 Å². The zero-order valence-electron chi connectivity index (χ0n) is 7.90. The van der Waals surface area contributed by atoms with Crippen LogP contribution in [0.3, 0.4) is 0 Å². The summed E-state index contributed by atoms with van der Waals surface area (Å²) in [6, 6.07) is 6.32. The van der Waals surface area contributed by atoms with Gasteiger partial charge in [-0.25, -0.2) is 0 Å². The van der Waals surface area contributed by atoms with Gasteiger partial charge in [-0.1, -0.05) is 0 Å². The second-order valence-electron chi connectivity index (χ2n) is 2.77. The highest BCUT2D eigenvalue weighted by Gasteiger charge is 2.03. The number of nitro groups is 1. The summed E-state index contributed by atoms with van der Waals surface area (Å²) in [5, 5.41) is 13.2. The van der Waals surface area contributed by atoms with Crippen LogP contribution >= 0.6 is 0 Å². The summed E-state index contributed by atoms with van der Waals surface area (Å²) in [7, 11) is 1.79. The summed E-state index contributed by atoms with van der Waals surface area (Å²) in [6.45, 7) is 0.926. The second kappa shape index (κ2) is 5.31. The van der Waals surface area contributed by atoms with Gasteiger partial charge in [0.2, 0.25) is 0 Å². The van der Waals surface area contributed by atoms with Gasteiger partial charge < -0.3 is 4.74 Å². The molecule has 1 aromatic rings. The molecule has 5 heteroatoms. The molecule has 1 N–H and O–H groups in total. The van der Waals surface area contributed by atoms with Crippen LogP contribution in [0.1, 0.15) is 5.56 Å². The smallest absolute Gasteiger partial charge is 0.269 e. The van der Waals surface area contributed by atoms with E-state index in [9.17, 15) is 10.1 Å². The Labute approximate surface area is 81.8 Å². The maximum Gasteiger partial charge on any atom is 0.269 e. The number of ether oxygens (including phenoxy) is 1. The molecule has 0 aliphatic carbocycles. The molecule has 14 heavy (non-hydrogen) atoms. The van der Waals surface area contributed by atoms with Gasteiger partial charge in [-0.2, -0.15) is 0 Å². The number of non-ortho nitro benzene ring substituents is 1. The first-order valence-corrected chi connectivity index (χ1v) is 4.19. The fourth-order valence-corrected chi connectivity index (χ4v) is 0.985. The largest absolute Gasteiger partial charge is 0.362 e. The molecule has 0 fully saturated rings. The molecule has 0 aliphatic rings. The molecule has 0 aliphatic heterocycles. The SMILES string of the molecule is CNCOCc1ccc([N+](=O)[O-])cc1. The average molecular weight is 196 g/mol. The lowest BCUT2D eigenvalue weighted by atomic mass is 10.2. The zero-order chi connectivity index (χ0) is 10.4. The number of nitrogens with one attached hydrogen (secondary N) is 1. The fourth-order valence-electron chi connectivity index (χ4n) is 0.985. The molecule has 0 bridgehead atoms. The number of rotatable bonds is 5. The minimum absolute atomic E-state index is 0.0994. The van der Waals surface area contributed by atoms with Gasteiger partial charge >= 0.3 is 0 Å². The molecule has 0 unspecified atom stereocenters. The molecule has 0 saturated carbocycles. The van der Waals surface area contributed by atoms with Crippen LogP contribution in [0, 0.1) is 10.1 Å². The first kappa shape index (κ1) is 10.6. The highest BCUT2D eigenvalue weighted by molar-refractivity contribution is 5.32. The number of nitrogens with zero attached hydrogens (tertiary/aromatic N) is 1. The Morgan fingerprint density at radius 1 is 1.43 bits per heavy atom. The highest BCUT2D eigenvalue weighted by Crippen LogP contribution is 2.12. The Morgan fingerprint density at radius 2 is 2.07 bits per heavy atom. The fraction of sp³-hybridized carbons (Fsp3) is 0.333. The van der Waals surface area contributed by atoms with Crippen molar-refractivity contribution in [3.05, 3.63) is 39.9 Å². The Morgan fingerprint density at radius 3 is 2.57 bits per heavy atom. The molecule has 76 valence electrons. The van der Waals surface area contributed by atoms with E-state index < -0.39 is 4.92 Å². The number of nitro benzene ring substituents is 1. The normalized spacial score (nSPS) is 10.1. The maximum atomic E-state index is 10.3. The van der Waals surface area contributed by atoms with Crippen LogP contribution in [0.5, 0.6) is 0 Å². The van der Waals surface area contributed by atoms with E-state index in [0.717, 1.165) is 5.56 Å². The summed E-state index contributed by atoms with van der Waals surface area (Å²) in [5.41, 5.74) is 1.02. The molecule has 0 saturated heterocycles. The van der Waals surface area contributed by atoms with Crippen molar-refractivity contribution in [2.75, 3.05) is 13.8 Å². The molecular formula is C9H12N2O3. The van der Waals surface area contributed by atoms with Gasteiger partial charge in [0, 0.05) is 12.1 Å². The predicted octanol–water partition coefficient (Wildman–Crippen LogP) is 1.29. The molecule has 1 rings (SSSR count). The average Bonchev–Trinajstić information content (AvgIpc) is 2.19. The van der Waals surface area contributed by atoms with Gasteiger partial charge in [0.25, 0.3) is 5.69 Å². The van der Waals surface area contributed by atoms with Crippen molar-refractivity contribution < 1.29 is 9.66 Å². The quantitative estimate of drug-likeness (QED) is 0.333. The number of hydrogen-bond donors (Lipinski definition) is 1. The summed E-state index contributed by atoms with van der Waals surface area (Å²) >= 11 is 0. The van der Waals surface area contributed by atoms with E-state index in [1.807, 2.05) is 0 Å². The van der Waals surface area contributed by atoms with Gasteiger partial charge in [-0.05, 0) is 24.7 Å². The van der Waals surface area contributed by atoms with Crippen LogP contribution in [0.2, 0.25) is 0 Å². The summed E-state index contributed by atoms with van der Waals surface area (Å²) in [4.78, 5) is 9.92. The molecule has 0 spiro atoms. The van der Waals surface area contributed by atoms with Crippen LogP contribution in [-0.4, -0.2) is 18.7 Å². The lowest BCUT2D eigenvalue weighted by Crippen LogP contribution is -2.11. The minimum Gasteiger partial charge on any atom is -0.362 e. The van der Waals surface area contributed by atoms with Crippen molar-refractivity contribution >= 4 is 5.69 Å². The van der Waals surface area contributed by atoms with Gasteiger partial charge in [-0.15, -0.1) is 0 Å². The van der Waals surface area contributed by atoms with Crippen LogP contribution in [0.4, 0.5) is 5.69 Å². The molecule has 0 atom stereocenters. The Bertz CT molecular complexity index is 297. The molecule has 0 aromatic heterocycles. The van der Waals surface area contributed by atoms with Crippen LogP contribution in [0.25, 0.3) is 0 Å². The molecule has 5 nitrogen and oxygen atoms in total. The van der Waals surface area contributed by atoms with Gasteiger partial charge in [-0.3, -0.25) is 15.4 Å². The monoisotopic (exact) mass is 196 g/mol. The summed E-state index contributed by atoms with van der Waals surface area (Å²) < 4.78 is 5.19. The van der Waals surface area contributed by atoms with E-state index >= 15 is 0 Å². The van der Waals surface area contributed by atoms with Crippen LogP contribution < -0.4 is 5.32 Å². The lowest BCUT2D eigenvalue weighted by Gasteiger charge is -2.02. The van der Waals surface area contributed by atoms with Gasteiger partial charge in [0.1, 0.15) is 0 Å². The van der Waals surface area contributed by atoms with Crippen molar-refractivity contribution in [2.45, 2.75) is 6.61 Å². The van der Waals surface area contributed by atoms with E-state index in [0.29, 0.717) is 13.3 Å².